The Morgan fingerprint density at radius 2 is 1.35 bits per heavy atom. The van der Waals surface area contributed by atoms with Crippen LogP contribution in [-0.2, 0) is 39.8 Å². The zero-order chi connectivity index (χ0) is 44.4. The van der Waals surface area contributed by atoms with Gasteiger partial charge < -0.3 is 64.0 Å². The van der Waals surface area contributed by atoms with E-state index in [0.29, 0.717) is 19.3 Å². The van der Waals surface area contributed by atoms with Crippen LogP contribution in [0.4, 0.5) is 4.79 Å². The smallest absolute Gasteiger partial charge is 0.407 e. The molecule has 1 aromatic carbocycles. The second-order valence-electron chi connectivity index (χ2n) is 15.1. The monoisotopic (exact) mass is 872 g/mol. The van der Waals surface area contributed by atoms with Crippen molar-refractivity contribution in [2.24, 2.45) is 25.6 Å². The number of ether oxygens (including phenoxy) is 7. The minimum atomic E-state index is -1.87. The number of carbonyl (C=O) groups excluding carboxylic acids is 1. The van der Waals surface area contributed by atoms with Gasteiger partial charge >= 0.3 is 6.09 Å². The lowest BCUT2D eigenvalue weighted by molar-refractivity contribution is -0.291. The summed E-state index contributed by atoms with van der Waals surface area (Å²) in [5.41, 5.74) is 46.2. The maximum atomic E-state index is 12.9. The Bertz CT molecular complexity index is 1960. The minimum absolute atomic E-state index is 0.0184. The van der Waals surface area contributed by atoms with Crippen LogP contribution < -0.4 is 5.32 Å². The van der Waals surface area contributed by atoms with Crippen molar-refractivity contribution in [1.29, 1.82) is 0 Å². The topological polar surface area (TPSA) is 439 Å². The van der Waals surface area contributed by atoms with Crippen molar-refractivity contribution in [3.63, 3.8) is 0 Å². The molecule has 2 saturated carbocycles. The Hall–Kier alpha value is -5.40. The number of alkyl carbamates (subject to hydrolysis) is 1. The van der Waals surface area contributed by atoms with Gasteiger partial charge in [-0.1, -0.05) is 55.9 Å². The molecule has 1 amide bonds. The lowest BCUT2D eigenvalue weighted by Crippen LogP contribution is -2.61. The van der Waals surface area contributed by atoms with Crippen molar-refractivity contribution < 1.29 is 63.5 Å². The molecule has 2 aliphatic carbocycles. The summed E-state index contributed by atoms with van der Waals surface area (Å²) in [5, 5.41) is 75.7. The summed E-state index contributed by atoms with van der Waals surface area (Å²) in [5.74, 6) is 0. The zero-order valence-corrected chi connectivity index (χ0v) is 32.6. The average Bonchev–Trinajstić information content (AvgIpc) is 3.99. The molecular weight excluding hydrogens is 828 g/mol. The van der Waals surface area contributed by atoms with Crippen molar-refractivity contribution in [3.05, 3.63) is 88.1 Å². The molecule has 0 aromatic heterocycles. The normalized spacial score (nSPS) is 38.3. The number of amides is 1. The van der Waals surface area contributed by atoms with Crippen LogP contribution in [-0.4, -0.2) is 154 Å². The highest BCUT2D eigenvalue weighted by Crippen LogP contribution is 2.46. The van der Waals surface area contributed by atoms with Gasteiger partial charge in [-0.05, 0) is 65.3 Å². The first kappa shape index (κ1) is 46.1. The maximum Gasteiger partial charge on any atom is 0.407 e. The van der Waals surface area contributed by atoms with E-state index in [2.05, 4.69) is 55.4 Å². The Balaban J connectivity index is 1.23. The Labute approximate surface area is 349 Å². The molecule has 5 aliphatic rings. The fraction of sp³-hybridized carbons (Fsp3) is 0.788. The predicted molar refractivity (Wildman–Crippen MR) is 203 cm³/mol. The van der Waals surface area contributed by atoms with E-state index in [0.717, 1.165) is 5.56 Å². The highest BCUT2D eigenvalue weighted by molar-refractivity contribution is 5.69. The first-order chi connectivity index (χ1) is 30.0. The molecule has 0 radical (unpaired) electrons. The molecule has 0 spiro atoms. The van der Waals surface area contributed by atoms with Crippen molar-refractivity contribution in [1.82, 2.24) is 5.32 Å². The minimum Gasteiger partial charge on any atom is -0.445 e. The number of hydrogen-bond donors (Lipinski definition) is 6. The van der Waals surface area contributed by atoms with E-state index in [-0.39, 0.29) is 19.4 Å². The second-order valence-corrected chi connectivity index (χ2v) is 15.1. The van der Waals surface area contributed by atoms with E-state index in [1.54, 1.807) is 12.1 Å². The largest absolute Gasteiger partial charge is 0.445 e. The third-order valence-corrected chi connectivity index (χ3v) is 11.3. The molecule has 6 N–H and O–H groups in total. The van der Waals surface area contributed by atoms with E-state index in [4.69, 9.17) is 44.2 Å². The maximum absolute atomic E-state index is 12.9. The molecule has 3 aliphatic heterocycles. The van der Waals surface area contributed by atoms with Crippen molar-refractivity contribution in [2.75, 3.05) is 13.2 Å². The molecule has 17 atom stereocenters. The molecule has 0 bridgehead atoms. The molecule has 3 heterocycles. The van der Waals surface area contributed by atoms with Crippen LogP contribution in [0.15, 0.2) is 55.9 Å². The Morgan fingerprint density at radius 1 is 0.710 bits per heavy atom. The molecule has 3 saturated heterocycles. The molecule has 1 aromatic rings. The number of hydrogen-bond acceptors (Lipinski definition) is 18. The molecule has 5 fully saturated rings. The SMILES string of the molecule is [N-]=[N+]=NC[C@@H]1O[C@H](O[C@H]2[C@@H](O)[C@H](O[C@@H]3[C@@H](O)[C@H](N=[N+]=[N-])C[C@H](N=[N+]=[N-])[C@H]3O[C@H]3O[C@H](C4(NC(=O)OCc5ccccc5)CC4)CC[C@H]3N=[N+]=[N-])O[C@@H]2CO)[C@H](N=[N+]=[N-])[C@@H](O)[C@@H]1O. The van der Waals surface area contributed by atoms with Crippen LogP contribution in [0.5, 0.6) is 0 Å². The van der Waals surface area contributed by atoms with Crippen LogP contribution in [0.1, 0.15) is 37.7 Å². The standard InChI is InChI=1S/C33H44N16O13/c34-45-39-11-18-23(52)24(53)21(44-49-38)30(57-18)61-27-19(12-50)58-31(25(27)54)62-28-22(51)16(42-47-36)10-17(43-48-37)26(28)60-29-15(41-46-35)6-7-20(59-29)33(8-9-33)40-32(55)56-13-14-4-2-1-3-5-14/h1-5,15-31,50-54H,6-13H2,(H,40,55)/t15-,16-,17+,18+,19-,20+,21-,22+,23-,24-,25-,26-,27-,28-,29-,30-,31+/m1/s1. The summed E-state index contributed by atoms with van der Waals surface area (Å²) in [6, 6.07) is 3.88. The number of rotatable bonds is 17. The van der Waals surface area contributed by atoms with Crippen LogP contribution in [0, 0.1) is 0 Å². The fourth-order valence-electron chi connectivity index (χ4n) is 8.03. The summed E-state index contributed by atoms with van der Waals surface area (Å²) in [4.78, 5) is 26.8. The predicted octanol–water partition coefficient (Wildman–Crippen LogP) is 2.42. The van der Waals surface area contributed by atoms with Crippen LogP contribution in [0.25, 0.3) is 52.2 Å². The summed E-state index contributed by atoms with van der Waals surface area (Å²) in [7, 11) is 0. The number of aliphatic hydroxyl groups is 5. The van der Waals surface area contributed by atoms with Gasteiger partial charge in [0.2, 0.25) is 0 Å². The van der Waals surface area contributed by atoms with E-state index in [1.165, 1.54) is 0 Å². The van der Waals surface area contributed by atoms with E-state index in [9.17, 15) is 46.9 Å². The van der Waals surface area contributed by atoms with E-state index in [1.807, 2.05) is 18.2 Å². The van der Waals surface area contributed by atoms with Crippen LogP contribution >= 0.6 is 0 Å². The van der Waals surface area contributed by atoms with Gasteiger partial charge in [0.25, 0.3) is 0 Å². The van der Waals surface area contributed by atoms with Gasteiger partial charge in [0.05, 0.1) is 67.3 Å². The number of nitrogens with zero attached hydrogens (tertiary/aromatic N) is 15. The van der Waals surface area contributed by atoms with Gasteiger partial charge in [0, 0.05) is 24.6 Å². The van der Waals surface area contributed by atoms with Gasteiger partial charge in [-0.3, -0.25) is 0 Å². The molecule has 0 unspecified atom stereocenters. The molecule has 29 heteroatoms. The number of nitrogens with one attached hydrogen (secondary N) is 1. The summed E-state index contributed by atoms with van der Waals surface area (Å²) in [6.45, 7) is -1.30. The first-order valence-corrected chi connectivity index (χ1v) is 19.4. The zero-order valence-electron chi connectivity index (χ0n) is 32.6. The van der Waals surface area contributed by atoms with Gasteiger partial charge in [-0.2, -0.15) is 0 Å². The Kier molecular flexibility index (Phi) is 15.7. The van der Waals surface area contributed by atoms with Crippen molar-refractivity contribution in [3.8, 4) is 0 Å². The number of carbonyl (C=O) groups is 1. The van der Waals surface area contributed by atoms with E-state index < -0.39 is 129 Å². The fourth-order valence-corrected chi connectivity index (χ4v) is 8.03. The van der Waals surface area contributed by atoms with Gasteiger partial charge in [-0.25, -0.2) is 4.79 Å². The van der Waals surface area contributed by atoms with Crippen molar-refractivity contribution >= 4 is 6.09 Å². The van der Waals surface area contributed by atoms with Crippen LogP contribution in [0.3, 0.4) is 0 Å². The second kappa shape index (κ2) is 21.1. The third kappa shape index (κ3) is 10.4. The van der Waals surface area contributed by atoms with Gasteiger partial charge in [0.1, 0.15) is 43.2 Å². The van der Waals surface area contributed by atoms with E-state index >= 15 is 0 Å². The number of aliphatic hydroxyl groups excluding tert-OH is 5. The number of azide groups is 5. The molecule has 6 rings (SSSR count). The molecular formula is C33H44N16O13. The highest BCUT2D eigenvalue weighted by atomic mass is 16.8. The number of benzene rings is 1. The van der Waals surface area contributed by atoms with Crippen LogP contribution in [0.2, 0.25) is 0 Å². The molecule has 334 valence electrons. The third-order valence-electron chi connectivity index (χ3n) is 11.3. The lowest BCUT2D eigenvalue weighted by atomic mass is 9.84. The summed E-state index contributed by atoms with van der Waals surface area (Å²) >= 11 is 0. The quantitative estimate of drug-likeness (QED) is 0.0745. The Morgan fingerprint density at radius 3 is 2.02 bits per heavy atom. The lowest BCUT2D eigenvalue weighted by Gasteiger charge is -2.46. The molecule has 62 heavy (non-hydrogen) atoms. The summed E-state index contributed by atoms with van der Waals surface area (Å²) < 4.78 is 41.7. The van der Waals surface area contributed by atoms with Gasteiger partial charge in [0.15, 0.2) is 18.9 Å². The first-order valence-electron chi connectivity index (χ1n) is 19.4. The van der Waals surface area contributed by atoms with Gasteiger partial charge in [-0.15, -0.1) is 0 Å². The highest BCUT2D eigenvalue weighted by Gasteiger charge is 2.57. The van der Waals surface area contributed by atoms with Crippen molar-refractivity contribution in [2.45, 2.75) is 148 Å². The average molecular weight is 873 g/mol. The summed E-state index contributed by atoms with van der Waals surface area (Å²) in [6.07, 6.45) is -19.7. The molecule has 29 nitrogen and oxygen atoms in total.